The number of Topliss-reactive ketones (excluding diaryl/α,β-unsaturated/α-hetero) is 1. The van der Waals surface area contributed by atoms with Crippen LogP contribution in [0.5, 0.6) is 0 Å². The maximum atomic E-state index is 14.7. The van der Waals surface area contributed by atoms with Gasteiger partial charge in [0.1, 0.15) is 5.82 Å². The Labute approximate surface area is 157 Å². The van der Waals surface area contributed by atoms with Crippen molar-refractivity contribution in [1.82, 2.24) is 10.2 Å². The summed E-state index contributed by atoms with van der Waals surface area (Å²) in [5, 5.41) is 3.28. The van der Waals surface area contributed by atoms with E-state index in [1.807, 2.05) is 6.92 Å². The molecular weight excluding hydrogens is 347 g/mol. The maximum Gasteiger partial charge on any atom is 0.252 e. The molecule has 2 aliphatic heterocycles. The Bertz CT molecular complexity index is 853. The molecule has 4 rings (SSSR count). The molecule has 142 valence electrons. The Morgan fingerprint density at radius 2 is 1.96 bits per heavy atom. The molecule has 0 spiro atoms. The smallest absolute Gasteiger partial charge is 0.252 e. The van der Waals surface area contributed by atoms with Gasteiger partial charge in [0.05, 0.1) is 13.2 Å². The van der Waals surface area contributed by atoms with Crippen molar-refractivity contribution in [3.8, 4) is 0 Å². The lowest BCUT2D eigenvalue weighted by atomic mass is 9.74. The number of carbonyl (C=O) groups excluding carboxylic acids is 2. The van der Waals surface area contributed by atoms with Crippen molar-refractivity contribution in [3.63, 3.8) is 0 Å². The van der Waals surface area contributed by atoms with Gasteiger partial charge < -0.3 is 15.0 Å². The topological polar surface area (TPSA) is 58.6 Å². The number of morpholine rings is 1. The number of nitrogens with one attached hydrogen (secondary N) is 1. The molecular formula is C21H23FN2O3. The normalized spacial score (nSPS) is 23.3. The number of halogens is 1. The summed E-state index contributed by atoms with van der Waals surface area (Å²) in [5.41, 5.74) is 2.94. The summed E-state index contributed by atoms with van der Waals surface area (Å²) >= 11 is 0. The molecule has 27 heavy (non-hydrogen) atoms. The average molecular weight is 370 g/mol. The highest BCUT2D eigenvalue weighted by Gasteiger charge is 2.40. The third kappa shape index (κ3) is 3.18. The average Bonchev–Trinajstić information content (AvgIpc) is 2.68. The van der Waals surface area contributed by atoms with E-state index in [2.05, 4.69) is 5.32 Å². The first-order valence-corrected chi connectivity index (χ1v) is 9.43. The molecule has 2 heterocycles. The Balaban J connectivity index is 1.84. The molecule has 1 fully saturated rings. The van der Waals surface area contributed by atoms with Gasteiger partial charge in [0.2, 0.25) is 0 Å². The number of nitrogens with zero attached hydrogens (tertiary/aromatic N) is 1. The van der Waals surface area contributed by atoms with Crippen LogP contribution in [0.25, 0.3) is 0 Å². The zero-order valence-electron chi connectivity index (χ0n) is 15.4. The van der Waals surface area contributed by atoms with Crippen LogP contribution >= 0.6 is 0 Å². The highest BCUT2D eigenvalue weighted by Crippen LogP contribution is 2.43. The first-order valence-electron chi connectivity index (χ1n) is 9.43. The van der Waals surface area contributed by atoms with Crippen molar-refractivity contribution in [2.45, 2.75) is 32.1 Å². The highest BCUT2D eigenvalue weighted by molar-refractivity contribution is 6.05. The Kier molecular flexibility index (Phi) is 4.83. The summed E-state index contributed by atoms with van der Waals surface area (Å²) in [6.07, 6.45) is 1.95. The molecule has 0 aromatic heterocycles. The zero-order chi connectivity index (χ0) is 19.0. The number of rotatable bonds is 2. The van der Waals surface area contributed by atoms with Crippen molar-refractivity contribution >= 4 is 11.7 Å². The lowest BCUT2D eigenvalue weighted by molar-refractivity contribution is -0.131. The Morgan fingerprint density at radius 1 is 1.22 bits per heavy atom. The van der Waals surface area contributed by atoms with E-state index in [1.54, 1.807) is 23.1 Å². The van der Waals surface area contributed by atoms with Crippen LogP contribution in [0.2, 0.25) is 0 Å². The minimum absolute atomic E-state index is 0.00298. The number of dihydropyridines is 1. The highest BCUT2D eigenvalue weighted by atomic mass is 19.1. The van der Waals surface area contributed by atoms with E-state index in [-0.39, 0.29) is 11.7 Å². The molecule has 1 aromatic rings. The molecule has 5 nitrogen and oxygen atoms in total. The van der Waals surface area contributed by atoms with Gasteiger partial charge in [-0.05, 0) is 25.8 Å². The second kappa shape index (κ2) is 7.27. The summed E-state index contributed by atoms with van der Waals surface area (Å²) in [5.74, 6) is -1.21. The molecule has 6 heteroatoms. The number of ether oxygens (including phenoxy) is 1. The summed E-state index contributed by atoms with van der Waals surface area (Å²) in [6, 6.07) is 6.44. The quantitative estimate of drug-likeness (QED) is 0.870. The van der Waals surface area contributed by atoms with E-state index in [0.717, 1.165) is 18.5 Å². The van der Waals surface area contributed by atoms with Crippen molar-refractivity contribution in [3.05, 3.63) is 58.2 Å². The van der Waals surface area contributed by atoms with Crippen molar-refractivity contribution < 1.29 is 18.7 Å². The third-order valence-electron chi connectivity index (χ3n) is 5.52. The van der Waals surface area contributed by atoms with Gasteiger partial charge in [0.25, 0.3) is 5.91 Å². The molecule has 1 N–H and O–H groups in total. The van der Waals surface area contributed by atoms with Gasteiger partial charge in [-0.25, -0.2) is 4.39 Å². The first kappa shape index (κ1) is 17.9. The van der Waals surface area contributed by atoms with Crippen molar-refractivity contribution in [2.75, 3.05) is 26.3 Å². The Hall–Kier alpha value is -2.47. The van der Waals surface area contributed by atoms with Gasteiger partial charge in [0.15, 0.2) is 5.78 Å². The number of carbonyl (C=O) groups is 2. The number of ketones is 1. The van der Waals surface area contributed by atoms with Crippen LogP contribution < -0.4 is 5.32 Å². The summed E-state index contributed by atoms with van der Waals surface area (Å²) in [6.45, 7) is 3.81. The molecule has 1 atom stereocenters. The predicted molar refractivity (Wildman–Crippen MR) is 98.3 cm³/mol. The second-order valence-electron chi connectivity index (χ2n) is 7.19. The lowest BCUT2D eigenvalue weighted by Crippen LogP contribution is -2.45. The van der Waals surface area contributed by atoms with Crippen molar-refractivity contribution in [2.24, 2.45) is 0 Å². The number of hydrogen-bond acceptors (Lipinski definition) is 4. The van der Waals surface area contributed by atoms with Gasteiger partial charge in [-0.15, -0.1) is 0 Å². The van der Waals surface area contributed by atoms with Gasteiger partial charge in [-0.2, -0.15) is 0 Å². The molecule has 1 aromatic carbocycles. The molecule has 0 saturated carbocycles. The van der Waals surface area contributed by atoms with Crippen LogP contribution in [-0.4, -0.2) is 42.9 Å². The van der Waals surface area contributed by atoms with E-state index in [1.165, 1.54) is 6.07 Å². The molecule has 0 unspecified atom stereocenters. The molecule has 1 amide bonds. The van der Waals surface area contributed by atoms with Gasteiger partial charge in [0, 0.05) is 53.5 Å². The monoisotopic (exact) mass is 370 g/mol. The predicted octanol–water partition coefficient (Wildman–Crippen LogP) is 2.65. The van der Waals surface area contributed by atoms with E-state index in [4.69, 9.17) is 4.74 Å². The number of hydrogen-bond donors (Lipinski definition) is 1. The fourth-order valence-corrected chi connectivity index (χ4v) is 4.22. The molecule has 1 aliphatic carbocycles. The van der Waals surface area contributed by atoms with Crippen LogP contribution in [0.15, 0.2) is 46.8 Å². The number of benzene rings is 1. The van der Waals surface area contributed by atoms with E-state index < -0.39 is 11.7 Å². The van der Waals surface area contributed by atoms with E-state index in [0.29, 0.717) is 55.1 Å². The number of amides is 1. The minimum atomic E-state index is -0.661. The summed E-state index contributed by atoms with van der Waals surface area (Å²) in [7, 11) is 0. The number of allylic oxidation sites excluding steroid dienone is 3. The van der Waals surface area contributed by atoms with Crippen LogP contribution in [0, 0.1) is 5.82 Å². The van der Waals surface area contributed by atoms with E-state index in [9.17, 15) is 14.0 Å². The van der Waals surface area contributed by atoms with Crippen LogP contribution in [0.1, 0.15) is 37.7 Å². The fourth-order valence-electron chi connectivity index (χ4n) is 4.22. The second-order valence-corrected chi connectivity index (χ2v) is 7.19. The largest absolute Gasteiger partial charge is 0.378 e. The minimum Gasteiger partial charge on any atom is -0.378 e. The molecule has 1 saturated heterocycles. The SMILES string of the molecule is CC1=C(C(=O)N2CCOCC2)[C@H](c2ccccc2F)C2=C(CCCC2=O)N1. The van der Waals surface area contributed by atoms with E-state index >= 15 is 0 Å². The lowest BCUT2D eigenvalue weighted by Gasteiger charge is -2.37. The fraction of sp³-hybridized carbons (Fsp3) is 0.429. The van der Waals surface area contributed by atoms with Gasteiger partial charge in [-0.3, -0.25) is 9.59 Å². The van der Waals surface area contributed by atoms with Gasteiger partial charge in [-0.1, -0.05) is 18.2 Å². The molecule has 0 bridgehead atoms. The standard InChI is InChI=1S/C21H23FN2O3/c1-13-18(21(26)24-9-11-27-12-10-24)19(14-5-2-3-6-15(14)22)20-16(23-13)7-4-8-17(20)25/h2-3,5-6,19,23H,4,7-12H2,1H3/t19-/m0/s1. The van der Waals surface area contributed by atoms with Crippen LogP contribution in [-0.2, 0) is 14.3 Å². The van der Waals surface area contributed by atoms with Gasteiger partial charge >= 0.3 is 0 Å². The van der Waals surface area contributed by atoms with Crippen LogP contribution in [0.4, 0.5) is 4.39 Å². The van der Waals surface area contributed by atoms with Crippen molar-refractivity contribution in [1.29, 1.82) is 0 Å². The Morgan fingerprint density at radius 3 is 2.70 bits per heavy atom. The summed E-state index contributed by atoms with van der Waals surface area (Å²) < 4.78 is 20.1. The molecule has 3 aliphatic rings. The molecule has 0 radical (unpaired) electrons. The maximum absolute atomic E-state index is 14.7. The van der Waals surface area contributed by atoms with Crippen LogP contribution in [0.3, 0.4) is 0 Å². The summed E-state index contributed by atoms with van der Waals surface area (Å²) in [4.78, 5) is 27.9. The first-order chi connectivity index (χ1) is 13.1. The third-order valence-corrected chi connectivity index (χ3v) is 5.52. The zero-order valence-corrected chi connectivity index (χ0v) is 15.4.